The van der Waals surface area contributed by atoms with Crippen LogP contribution in [0.15, 0.2) is 42.5 Å². The standard InChI is InChI=1S/C17H18N2O4/c1-18-16(20)11-4-6-12(7-5-11)19-17(21)14-10-13(22-2)8-9-15(14)23-3/h4-10H,1-3H3,(H,18,20)(H,19,21). The number of rotatable bonds is 5. The largest absolute Gasteiger partial charge is 0.497 e. The normalized spacial score (nSPS) is 9.87. The van der Waals surface area contributed by atoms with E-state index in [1.807, 2.05) is 0 Å². The summed E-state index contributed by atoms with van der Waals surface area (Å²) in [6.07, 6.45) is 0. The number of hydrogen-bond donors (Lipinski definition) is 2. The van der Waals surface area contributed by atoms with Gasteiger partial charge in [0.1, 0.15) is 11.5 Å². The Hall–Kier alpha value is -3.02. The van der Waals surface area contributed by atoms with E-state index in [-0.39, 0.29) is 11.8 Å². The van der Waals surface area contributed by atoms with Crippen LogP contribution in [0.4, 0.5) is 5.69 Å². The summed E-state index contributed by atoms with van der Waals surface area (Å²) in [5.41, 5.74) is 1.46. The lowest BCUT2D eigenvalue weighted by molar-refractivity contribution is 0.0962. The molecule has 6 nitrogen and oxygen atoms in total. The van der Waals surface area contributed by atoms with Crippen LogP contribution >= 0.6 is 0 Å². The van der Waals surface area contributed by atoms with E-state index in [9.17, 15) is 9.59 Å². The Morgan fingerprint density at radius 3 is 2.17 bits per heavy atom. The van der Waals surface area contributed by atoms with Gasteiger partial charge in [0.05, 0.1) is 19.8 Å². The first-order valence-electron chi connectivity index (χ1n) is 6.94. The fourth-order valence-corrected chi connectivity index (χ4v) is 2.04. The molecule has 0 aliphatic carbocycles. The second kappa shape index (κ2) is 7.31. The van der Waals surface area contributed by atoms with Crippen molar-refractivity contribution in [3.05, 3.63) is 53.6 Å². The summed E-state index contributed by atoms with van der Waals surface area (Å²) in [4.78, 5) is 23.9. The highest BCUT2D eigenvalue weighted by atomic mass is 16.5. The van der Waals surface area contributed by atoms with Gasteiger partial charge in [-0.25, -0.2) is 0 Å². The third-order valence-electron chi connectivity index (χ3n) is 3.28. The van der Waals surface area contributed by atoms with Crippen LogP contribution < -0.4 is 20.1 Å². The SMILES string of the molecule is CNC(=O)c1ccc(NC(=O)c2cc(OC)ccc2OC)cc1. The maximum absolute atomic E-state index is 12.4. The molecule has 0 heterocycles. The van der Waals surface area contributed by atoms with Crippen molar-refractivity contribution in [3.8, 4) is 11.5 Å². The molecule has 0 aromatic heterocycles. The quantitative estimate of drug-likeness (QED) is 0.888. The van der Waals surface area contributed by atoms with E-state index in [1.54, 1.807) is 49.5 Å². The van der Waals surface area contributed by atoms with E-state index in [0.29, 0.717) is 28.3 Å². The fourth-order valence-electron chi connectivity index (χ4n) is 2.04. The van der Waals surface area contributed by atoms with Crippen LogP contribution in [0.2, 0.25) is 0 Å². The minimum absolute atomic E-state index is 0.183. The highest BCUT2D eigenvalue weighted by molar-refractivity contribution is 6.06. The Kier molecular flexibility index (Phi) is 5.19. The van der Waals surface area contributed by atoms with Crippen LogP contribution in [-0.4, -0.2) is 33.1 Å². The molecule has 2 rings (SSSR count). The van der Waals surface area contributed by atoms with Gasteiger partial charge >= 0.3 is 0 Å². The van der Waals surface area contributed by atoms with Gasteiger partial charge < -0.3 is 20.1 Å². The van der Waals surface area contributed by atoms with Gasteiger partial charge in [-0.2, -0.15) is 0 Å². The van der Waals surface area contributed by atoms with Gasteiger partial charge in [-0.3, -0.25) is 9.59 Å². The lowest BCUT2D eigenvalue weighted by Gasteiger charge is -2.11. The number of benzene rings is 2. The molecule has 2 amide bonds. The maximum Gasteiger partial charge on any atom is 0.259 e. The number of methoxy groups -OCH3 is 2. The van der Waals surface area contributed by atoms with Crippen molar-refractivity contribution in [2.24, 2.45) is 0 Å². The Morgan fingerprint density at radius 1 is 0.913 bits per heavy atom. The Morgan fingerprint density at radius 2 is 1.61 bits per heavy atom. The van der Waals surface area contributed by atoms with E-state index >= 15 is 0 Å². The smallest absolute Gasteiger partial charge is 0.259 e. The summed E-state index contributed by atoms with van der Waals surface area (Å²) < 4.78 is 10.3. The highest BCUT2D eigenvalue weighted by Crippen LogP contribution is 2.25. The molecule has 0 saturated heterocycles. The van der Waals surface area contributed by atoms with Crippen LogP contribution in [0, 0.1) is 0 Å². The van der Waals surface area contributed by atoms with Crippen molar-refractivity contribution in [3.63, 3.8) is 0 Å². The van der Waals surface area contributed by atoms with Gasteiger partial charge in [0.15, 0.2) is 0 Å². The van der Waals surface area contributed by atoms with E-state index in [0.717, 1.165) is 0 Å². The third kappa shape index (κ3) is 3.79. The molecule has 0 unspecified atom stereocenters. The van der Waals surface area contributed by atoms with Crippen LogP contribution in [0.3, 0.4) is 0 Å². The van der Waals surface area contributed by atoms with Gasteiger partial charge in [0.2, 0.25) is 0 Å². The Labute approximate surface area is 134 Å². The molecule has 120 valence electrons. The van der Waals surface area contributed by atoms with Gasteiger partial charge in [-0.15, -0.1) is 0 Å². The van der Waals surface area contributed by atoms with E-state index in [4.69, 9.17) is 9.47 Å². The molecular formula is C17H18N2O4. The average molecular weight is 314 g/mol. The second-order valence-electron chi connectivity index (χ2n) is 4.68. The summed E-state index contributed by atoms with van der Waals surface area (Å²) in [7, 11) is 4.59. The topological polar surface area (TPSA) is 76.7 Å². The summed E-state index contributed by atoms with van der Waals surface area (Å²) >= 11 is 0. The fraction of sp³-hybridized carbons (Fsp3) is 0.176. The number of ether oxygens (including phenoxy) is 2. The molecule has 0 bridgehead atoms. The predicted molar refractivity (Wildman–Crippen MR) is 87.3 cm³/mol. The molecule has 2 aromatic carbocycles. The second-order valence-corrected chi connectivity index (χ2v) is 4.68. The summed E-state index contributed by atoms with van der Waals surface area (Å²) in [6.45, 7) is 0. The van der Waals surface area contributed by atoms with Crippen LogP contribution in [0.5, 0.6) is 11.5 Å². The molecule has 23 heavy (non-hydrogen) atoms. The Balaban J connectivity index is 2.20. The Bertz CT molecular complexity index is 711. The van der Waals surface area contributed by atoms with Crippen LogP contribution in [0.25, 0.3) is 0 Å². The number of carbonyl (C=O) groups is 2. The lowest BCUT2D eigenvalue weighted by atomic mass is 10.1. The zero-order chi connectivity index (χ0) is 16.8. The van der Waals surface area contributed by atoms with Crippen molar-refractivity contribution in [2.45, 2.75) is 0 Å². The van der Waals surface area contributed by atoms with Crippen molar-refractivity contribution in [1.82, 2.24) is 5.32 Å². The van der Waals surface area contributed by atoms with Gasteiger partial charge in [0.25, 0.3) is 11.8 Å². The molecule has 0 atom stereocenters. The maximum atomic E-state index is 12.4. The molecule has 6 heteroatoms. The van der Waals surface area contributed by atoms with Crippen molar-refractivity contribution in [2.75, 3.05) is 26.6 Å². The molecule has 0 spiro atoms. The summed E-state index contributed by atoms with van der Waals surface area (Å²) in [5.74, 6) is 0.502. The average Bonchev–Trinajstić information content (AvgIpc) is 2.61. The zero-order valence-electron chi connectivity index (χ0n) is 13.2. The molecule has 0 radical (unpaired) electrons. The minimum Gasteiger partial charge on any atom is -0.497 e. The monoisotopic (exact) mass is 314 g/mol. The number of hydrogen-bond acceptors (Lipinski definition) is 4. The molecular weight excluding hydrogens is 296 g/mol. The molecule has 2 N–H and O–H groups in total. The number of carbonyl (C=O) groups excluding carboxylic acids is 2. The molecule has 0 aliphatic heterocycles. The minimum atomic E-state index is -0.326. The highest BCUT2D eigenvalue weighted by Gasteiger charge is 2.14. The van der Waals surface area contributed by atoms with Crippen molar-refractivity contribution in [1.29, 1.82) is 0 Å². The van der Waals surface area contributed by atoms with Crippen molar-refractivity contribution < 1.29 is 19.1 Å². The molecule has 2 aromatic rings. The van der Waals surface area contributed by atoms with Crippen LogP contribution in [-0.2, 0) is 0 Å². The molecule has 0 aliphatic rings. The first-order valence-corrected chi connectivity index (χ1v) is 6.94. The van der Waals surface area contributed by atoms with E-state index < -0.39 is 0 Å². The predicted octanol–water partition coefficient (Wildman–Crippen LogP) is 2.32. The summed E-state index contributed by atoms with van der Waals surface area (Å²) in [6, 6.07) is 11.6. The van der Waals surface area contributed by atoms with Crippen molar-refractivity contribution >= 4 is 17.5 Å². The molecule has 0 fully saturated rings. The number of nitrogens with one attached hydrogen (secondary N) is 2. The van der Waals surface area contributed by atoms with E-state index in [1.165, 1.54) is 14.2 Å². The van der Waals surface area contributed by atoms with Gasteiger partial charge in [-0.05, 0) is 42.5 Å². The molecule has 0 saturated carbocycles. The number of anilines is 1. The van der Waals surface area contributed by atoms with Gasteiger partial charge in [-0.1, -0.05) is 0 Å². The first-order chi connectivity index (χ1) is 11.1. The first kappa shape index (κ1) is 16.4. The van der Waals surface area contributed by atoms with Crippen LogP contribution in [0.1, 0.15) is 20.7 Å². The van der Waals surface area contributed by atoms with E-state index in [2.05, 4.69) is 10.6 Å². The zero-order valence-corrected chi connectivity index (χ0v) is 13.2. The number of amides is 2. The van der Waals surface area contributed by atoms with Gasteiger partial charge in [0, 0.05) is 18.3 Å². The summed E-state index contributed by atoms with van der Waals surface area (Å²) in [5, 5.41) is 5.30. The lowest BCUT2D eigenvalue weighted by Crippen LogP contribution is -2.18. The third-order valence-corrected chi connectivity index (χ3v) is 3.28.